The zero-order valence-electron chi connectivity index (χ0n) is 13.6. The lowest BCUT2D eigenvalue weighted by Gasteiger charge is -2.10. The summed E-state index contributed by atoms with van der Waals surface area (Å²) < 4.78 is 5.21. The van der Waals surface area contributed by atoms with Gasteiger partial charge in [-0.3, -0.25) is 4.79 Å². The zero-order chi connectivity index (χ0) is 16.2. The number of aromatic nitrogens is 2. The SMILES string of the molecule is Cc1cccc(NC(=O)CCCc2nc(C(C)(C)C)no2)c1. The number of nitrogens with one attached hydrogen (secondary N) is 1. The molecule has 2 aromatic rings. The van der Waals surface area contributed by atoms with Gasteiger partial charge in [0.25, 0.3) is 0 Å². The van der Waals surface area contributed by atoms with Crippen LogP contribution in [0.4, 0.5) is 5.69 Å². The van der Waals surface area contributed by atoms with Crippen molar-refractivity contribution in [2.45, 2.75) is 52.4 Å². The lowest BCUT2D eigenvalue weighted by molar-refractivity contribution is -0.116. The van der Waals surface area contributed by atoms with E-state index in [1.54, 1.807) is 0 Å². The number of hydrogen-bond donors (Lipinski definition) is 1. The molecule has 0 fully saturated rings. The van der Waals surface area contributed by atoms with Gasteiger partial charge in [0.2, 0.25) is 11.8 Å². The first-order chi connectivity index (χ1) is 10.3. The van der Waals surface area contributed by atoms with E-state index in [9.17, 15) is 4.79 Å². The number of carbonyl (C=O) groups is 1. The minimum absolute atomic E-state index is 0.00107. The molecule has 5 nitrogen and oxygen atoms in total. The molecule has 0 aliphatic heterocycles. The molecule has 0 spiro atoms. The van der Waals surface area contributed by atoms with Crippen LogP contribution in [-0.2, 0) is 16.6 Å². The highest BCUT2D eigenvalue weighted by Gasteiger charge is 2.20. The van der Waals surface area contributed by atoms with Gasteiger partial charge in [0.15, 0.2) is 5.82 Å². The molecule has 0 bridgehead atoms. The second kappa shape index (κ2) is 6.73. The van der Waals surface area contributed by atoms with Gasteiger partial charge in [-0.2, -0.15) is 4.98 Å². The molecule has 1 amide bonds. The summed E-state index contributed by atoms with van der Waals surface area (Å²) in [5.41, 5.74) is 1.83. The van der Waals surface area contributed by atoms with E-state index in [0.29, 0.717) is 31.0 Å². The van der Waals surface area contributed by atoms with Gasteiger partial charge in [0, 0.05) is 23.9 Å². The van der Waals surface area contributed by atoms with E-state index in [-0.39, 0.29) is 11.3 Å². The van der Waals surface area contributed by atoms with Gasteiger partial charge in [-0.15, -0.1) is 0 Å². The van der Waals surface area contributed by atoms with Crippen LogP contribution in [0.5, 0.6) is 0 Å². The van der Waals surface area contributed by atoms with Gasteiger partial charge in [0.1, 0.15) is 0 Å². The van der Waals surface area contributed by atoms with Gasteiger partial charge in [-0.1, -0.05) is 38.1 Å². The van der Waals surface area contributed by atoms with E-state index in [1.165, 1.54) is 0 Å². The predicted molar refractivity (Wildman–Crippen MR) is 85.7 cm³/mol. The molecule has 0 aliphatic carbocycles. The first-order valence-electron chi connectivity index (χ1n) is 7.54. The monoisotopic (exact) mass is 301 g/mol. The van der Waals surface area contributed by atoms with Crippen molar-refractivity contribution >= 4 is 11.6 Å². The Bertz CT molecular complexity index is 641. The zero-order valence-corrected chi connectivity index (χ0v) is 13.6. The Hall–Kier alpha value is -2.17. The highest BCUT2D eigenvalue weighted by molar-refractivity contribution is 5.90. The molecule has 1 N–H and O–H groups in total. The largest absolute Gasteiger partial charge is 0.339 e. The fourth-order valence-corrected chi connectivity index (χ4v) is 2.01. The average Bonchev–Trinajstić information content (AvgIpc) is 2.87. The van der Waals surface area contributed by atoms with Crippen LogP contribution in [0.3, 0.4) is 0 Å². The molecule has 2 rings (SSSR count). The summed E-state index contributed by atoms with van der Waals surface area (Å²) in [6.07, 6.45) is 1.73. The fraction of sp³-hybridized carbons (Fsp3) is 0.471. The molecule has 1 aromatic heterocycles. The normalized spacial score (nSPS) is 11.5. The molecule has 5 heteroatoms. The molecule has 0 unspecified atom stereocenters. The van der Waals surface area contributed by atoms with E-state index < -0.39 is 0 Å². The number of hydrogen-bond acceptors (Lipinski definition) is 4. The van der Waals surface area contributed by atoms with Crippen LogP contribution in [0.15, 0.2) is 28.8 Å². The van der Waals surface area contributed by atoms with E-state index >= 15 is 0 Å². The molecule has 0 saturated carbocycles. The fourth-order valence-electron chi connectivity index (χ4n) is 2.01. The molecule has 1 heterocycles. The number of rotatable bonds is 5. The van der Waals surface area contributed by atoms with Crippen LogP contribution in [0, 0.1) is 6.92 Å². The van der Waals surface area contributed by atoms with Gasteiger partial charge in [-0.25, -0.2) is 0 Å². The van der Waals surface area contributed by atoms with E-state index in [4.69, 9.17) is 4.52 Å². The molecule has 22 heavy (non-hydrogen) atoms. The lowest BCUT2D eigenvalue weighted by Crippen LogP contribution is -2.13. The minimum atomic E-state index is -0.121. The lowest BCUT2D eigenvalue weighted by atomic mass is 9.96. The van der Waals surface area contributed by atoms with Crippen LogP contribution in [0.2, 0.25) is 0 Å². The number of benzene rings is 1. The molecular weight excluding hydrogens is 278 g/mol. The predicted octanol–water partition coefficient (Wildman–Crippen LogP) is 3.64. The van der Waals surface area contributed by atoms with Crippen molar-refractivity contribution in [1.29, 1.82) is 0 Å². The van der Waals surface area contributed by atoms with Crippen molar-refractivity contribution in [3.05, 3.63) is 41.5 Å². The Balaban J connectivity index is 1.79. The first kappa shape index (κ1) is 16.2. The third-order valence-corrected chi connectivity index (χ3v) is 3.24. The maximum Gasteiger partial charge on any atom is 0.226 e. The maximum atomic E-state index is 11.9. The number of aryl methyl sites for hydroxylation is 2. The van der Waals surface area contributed by atoms with Crippen LogP contribution in [0.1, 0.15) is 50.9 Å². The number of anilines is 1. The maximum absolute atomic E-state index is 11.9. The Morgan fingerprint density at radius 2 is 2.09 bits per heavy atom. The Morgan fingerprint density at radius 1 is 1.32 bits per heavy atom. The van der Waals surface area contributed by atoms with Crippen molar-refractivity contribution in [1.82, 2.24) is 10.1 Å². The van der Waals surface area contributed by atoms with Gasteiger partial charge in [-0.05, 0) is 31.0 Å². The van der Waals surface area contributed by atoms with E-state index in [0.717, 1.165) is 11.3 Å². The third kappa shape index (κ3) is 4.69. The topological polar surface area (TPSA) is 68.0 Å². The number of amides is 1. The number of nitrogens with zero attached hydrogens (tertiary/aromatic N) is 2. The second-order valence-electron chi connectivity index (χ2n) is 6.53. The third-order valence-electron chi connectivity index (χ3n) is 3.24. The van der Waals surface area contributed by atoms with Crippen LogP contribution < -0.4 is 5.32 Å². The standard InChI is InChI=1S/C17H23N3O2/c1-12-7-5-8-13(11-12)18-14(21)9-6-10-15-19-16(20-22-15)17(2,3)4/h5,7-8,11H,6,9-10H2,1-4H3,(H,18,21). The minimum Gasteiger partial charge on any atom is -0.339 e. The summed E-state index contributed by atoms with van der Waals surface area (Å²) in [6.45, 7) is 8.11. The summed E-state index contributed by atoms with van der Waals surface area (Å²) in [6, 6.07) is 7.76. The quantitative estimate of drug-likeness (QED) is 0.915. The van der Waals surface area contributed by atoms with Crippen molar-refractivity contribution < 1.29 is 9.32 Å². The molecule has 1 aromatic carbocycles. The van der Waals surface area contributed by atoms with Crippen LogP contribution in [-0.4, -0.2) is 16.0 Å². The molecule has 0 aliphatic rings. The number of carbonyl (C=O) groups excluding carboxylic acids is 1. The Labute approximate surface area is 131 Å². The van der Waals surface area contributed by atoms with Crippen molar-refractivity contribution in [2.75, 3.05) is 5.32 Å². The van der Waals surface area contributed by atoms with Crippen molar-refractivity contribution in [2.24, 2.45) is 0 Å². The smallest absolute Gasteiger partial charge is 0.226 e. The van der Waals surface area contributed by atoms with Crippen LogP contribution >= 0.6 is 0 Å². The van der Waals surface area contributed by atoms with E-state index in [2.05, 4.69) is 15.5 Å². The molecular formula is C17H23N3O2. The second-order valence-corrected chi connectivity index (χ2v) is 6.53. The molecule has 0 saturated heterocycles. The van der Waals surface area contributed by atoms with Crippen molar-refractivity contribution in [3.63, 3.8) is 0 Å². The molecule has 0 atom stereocenters. The van der Waals surface area contributed by atoms with Crippen LogP contribution in [0.25, 0.3) is 0 Å². The van der Waals surface area contributed by atoms with Crippen molar-refractivity contribution in [3.8, 4) is 0 Å². The Morgan fingerprint density at radius 3 is 2.73 bits per heavy atom. The first-order valence-corrected chi connectivity index (χ1v) is 7.54. The molecule has 0 radical (unpaired) electrons. The summed E-state index contributed by atoms with van der Waals surface area (Å²) in [5, 5.41) is 6.87. The highest BCUT2D eigenvalue weighted by Crippen LogP contribution is 2.19. The highest BCUT2D eigenvalue weighted by atomic mass is 16.5. The van der Waals surface area contributed by atoms with Gasteiger partial charge < -0.3 is 9.84 Å². The van der Waals surface area contributed by atoms with Gasteiger partial charge >= 0.3 is 0 Å². The summed E-state index contributed by atoms with van der Waals surface area (Å²) in [5.74, 6) is 1.29. The summed E-state index contributed by atoms with van der Waals surface area (Å²) in [4.78, 5) is 16.3. The van der Waals surface area contributed by atoms with Gasteiger partial charge in [0.05, 0.1) is 0 Å². The molecule has 118 valence electrons. The summed E-state index contributed by atoms with van der Waals surface area (Å²) >= 11 is 0. The van der Waals surface area contributed by atoms with E-state index in [1.807, 2.05) is 52.0 Å². The summed E-state index contributed by atoms with van der Waals surface area (Å²) in [7, 11) is 0. The Kier molecular flexibility index (Phi) is 4.96. The average molecular weight is 301 g/mol.